The number of hydrogen-bond donors (Lipinski definition) is 0. The van der Waals surface area contributed by atoms with Gasteiger partial charge in [0.15, 0.2) is 11.6 Å². The highest BCUT2D eigenvalue weighted by Crippen LogP contribution is 2.32. The molecule has 1 atom stereocenters. The van der Waals surface area contributed by atoms with Crippen LogP contribution in [0.5, 0.6) is 5.75 Å². The van der Waals surface area contributed by atoms with E-state index in [1.54, 1.807) is 6.07 Å². The zero-order chi connectivity index (χ0) is 10.7. The summed E-state index contributed by atoms with van der Waals surface area (Å²) in [4.78, 5) is 0. The second kappa shape index (κ2) is 4.47. The molecule has 0 radical (unpaired) electrons. The van der Waals surface area contributed by atoms with Gasteiger partial charge in [0.25, 0.3) is 0 Å². The van der Waals surface area contributed by atoms with Crippen LogP contribution >= 0.6 is 15.9 Å². The van der Waals surface area contributed by atoms with Gasteiger partial charge in [-0.2, -0.15) is 0 Å². The van der Waals surface area contributed by atoms with Crippen molar-refractivity contribution in [3.63, 3.8) is 0 Å². The molecule has 1 aromatic carbocycles. The van der Waals surface area contributed by atoms with Gasteiger partial charge < -0.3 is 4.74 Å². The van der Waals surface area contributed by atoms with Crippen LogP contribution in [-0.4, -0.2) is 7.11 Å². The Morgan fingerprint density at radius 3 is 2.71 bits per heavy atom. The summed E-state index contributed by atoms with van der Waals surface area (Å²) >= 11 is 3.21. The molecule has 0 amide bonds. The molecule has 0 aliphatic heterocycles. The summed E-state index contributed by atoms with van der Waals surface area (Å²) in [6, 6.07) is 3.12. The lowest BCUT2D eigenvalue weighted by Gasteiger charge is -2.12. The van der Waals surface area contributed by atoms with Crippen LogP contribution in [0.2, 0.25) is 0 Å². The van der Waals surface area contributed by atoms with Gasteiger partial charge in [0, 0.05) is 16.0 Å². The molecule has 0 saturated carbocycles. The Kier molecular flexibility index (Phi) is 3.54. The molecule has 74 valence electrons. The van der Waals surface area contributed by atoms with Crippen LogP contribution in [0.25, 0.3) is 0 Å². The maximum absolute atomic E-state index is 13.4. The lowest BCUT2D eigenvalue weighted by molar-refractivity contribution is 0.380. The fraction of sp³-hybridized carbons (Fsp3) is 0.273. The molecule has 1 unspecified atom stereocenters. The van der Waals surface area contributed by atoms with Crippen molar-refractivity contribution in [1.29, 1.82) is 0 Å². The number of rotatable bonds is 2. The van der Waals surface area contributed by atoms with Crippen molar-refractivity contribution < 1.29 is 9.13 Å². The van der Waals surface area contributed by atoms with Crippen LogP contribution in [-0.2, 0) is 0 Å². The van der Waals surface area contributed by atoms with Crippen molar-refractivity contribution in [2.24, 2.45) is 0 Å². The average Bonchev–Trinajstić information content (AvgIpc) is 2.15. The Hall–Kier alpha value is -1.01. The Morgan fingerprint density at radius 2 is 2.21 bits per heavy atom. The van der Waals surface area contributed by atoms with Gasteiger partial charge in [0.2, 0.25) is 0 Å². The van der Waals surface area contributed by atoms with Gasteiger partial charge in [0.05, 0.1) is 7.11 Å². The standard InChI is InChI=1S/C11H10BrFO/c1-4-7(2)9-5-8(12)6-10(13)11(9)14-3/h1,5-7H,2-3H3. The molecule has 0 saturated heterocycles. The van der Waals surface area contributed by atoms with Crippen LogP contribution in [0.3, 0.4) is 0 Å². The third-order valence-corrected chi connectivity index (χ3v) is 2.42. The normalized spacial score (nSPS) is 11.9. The van der Waals surface area contributed by atoms with Gasteiger partial charge in [0.1, 0.15) is 0 Å². The van der Waals surface area contributed by atoms with Crippen molar-refractivity contribution >= 4 is 15.9 Å². The van der Waals surface area contributed by atoms with Gasteiger partial charge in [-0.1, -0.05) is 21.9 Å². The molecule has 1 aromatic rings. The lowest BCUT2D eigenvalue weighted by atomic mass is 10.0. The lowest BCUT2D eigenvalue weighted by Crippen LogP contribution is -1.98. The molecule has 0 aliphatic rings. The number of benzene rings is 1. The Labute approximate surface area is 91.4 Å². The van der Waals surface area contributed by atoms with Gasteiger partial charge in [-0.15, -0.1) is 6.42 Å². The van der Waals surface area contributed by atoms with Crippen LogP contribution in [0.15, 0.2) is 16.6 Å². The zero-order valence-corrected chi connectivity index (χ0v) is 9.56. The fourth-order valence-electron chi connectivity index (χ4n) is 1.21. The summed E-state index contributed by atoms with van der Waals surface area (Å²) in [6.45, 7) is 1.82. The summed E-state index contributed by atoms with van der Waals surface area (Å²) in [5, 5.41) is 0. The largest absolute Gasteiger partial charge is 0.493 e. The summed E-state index contributed by atoms with van der Waals surface area (Å²) < 4.78 is 19.0. The highest BCUT2D eigenvalue weighted by Gasteiger charge is 2.14. The molecule has 3 heteroatoms. The van der Waals surface area contributed by atoms with Crippen LogP contribution in [0.1, 0.15) is 18.4 Å². The highest BCUT2D eigenvalue weighted by atomic mass is 79.9. The predicted octanol–water partition coefficient (Wildman–Crippen LogP) is 3.33. The smallest absolute Gasteiger partial charge is 0.166 e. The first-order valence-electron chi connectivity index (χ1n) is 4.09. The van der Waals surface area contributed by atoms with Gasteiger partial charge in [-0.3, -0.25) is 0 Å². The summed E-state index contributed by atoms with van der Waals surface area (Å²) in [6.07, 6.45) is 5.28. The number of halogens is 2. The maximum atomic E-state index is 13.4. The van der Waals surface area contributed by atoms with Crippen molar-refractivity contribution in [2.45, 2.75) is 12.8 Å². The topological polar surface area (TPSA) is 9.23 Å². The van der Waals surface area contributed by atoms with Crippen LogP contribution < -0.4 is 4.74 Å². The minimum atomic E-state index is -0.404. The highest BCUT2D eigenvalue weighted by molar-refractivity contribution is 9.10. The first-order chi connectivity index (χ1) is 6.60. The number of hydrogen-bond acceptors (Lipinski definition) is 1. The molecule has 1 rings (SSSR count). The molecule has 0 bridgehead atoms. The van der Waals surface area contributed by atoms with Crippen molar-refractivity contribution in [1.82, 2.24) is 0 Å². The molecular weight excluding hydrogens is 247 g/mol. The molecule has 0 aromatic heterocycles. The van der Waals surface area contributed by atoms with Gasteiger partial charge in [-0.05, 0) is 19.1 Å². The monoisotopic (exact) mass is 256 g/mol. The van der Waals surface area contributed by atoms with E-state index in [2.05, 4.69) is 21.9 Å². The molecular formula is C11H10BrFO. The van der Waals surface area contributed by atoms with E-state index in [9.17, 15) is 4.39 Å². The van der Waals surface area contributed by atoms with Gasteiger partial charge in [-0.25, -0.2) is 4.39 Å². The van der Waals surface area contributed by atoms with Crippen molar-refractivity contribution in [3.05, 3.63) is 28.0 Å². The fourth-order valence-corrected chi connectivity index (χ4v) is 1.65. The molecule has 0 heterocycles. The third-order valence-electron chi connectivity index (χ3n) is 1.96. The van der Waals surface area contributed by atoms with E-state index < -0.39 is 5.82 Å². The summed E-state index contributed by atoms with van der Waals surface area (Å²) in [7, 11) is 1.43. The molecule has 0 N–H and O–H groups in total. The number of ether oxygens (including phenoxy) is 1. The maximum Gasteiger partial charge on any atom is 0.166 e. The van der Waals surface area contributed by atoms with E-state index in [4.69, 9.17) is 11.2 Å². The molecule has 0 aliphatic carbocycles. The van der Waals surface area contributed by atoms with Crippen molar-refractivity contribution in [3.8, 4) is 18.1 Å². The van der Waals surface area contributed by atoms with E-state index >= 15 is 0 Å². The molecule has 1 nitrogen and oxygen atoms in total. The SMILES string of the molecule is C#CC(C)c1cc(Br)cc(F)c1OC. The van der Waals surface area contributed by atoms with E-state index in [0.29, 0.717) is 10.0 Å². The van der Waals surface area contributed by atoms with E-state index in [-0.39, 0.29) is 11.7 Å². The number of terminal acetylenes is 1. The first kappa shape index (κ1) is 11.1. The minimum absolute atomic E-state index is 0.169. The first-order valence-corrected chi connectivity index (χ1v) is 4.88. The molecule has 0 spiro atoms. The summed E-state index contributed by atoms with van der Waals surface area (Å²) in [5.74, 6) is 2.19. The van der Waals surface area contributed by atoms with Gasteiger partial charge >= 0.3 is 0 Å². The second-order valence-electron chi connectivity index (χ2n) is 2.90. The van der Waals surface area contributed by atoms with Crippen LogP contribution in [0, 0.1) is 18.2 Å². The molecule has 0 fully saturated rings. The third kappa shape index (κ3) is 2.08. The average molecular weight is 257 g/mol. The minimum Gasteiger partial charge on any atom is -0.493 e. The van der Waals surface area contributed by atoms with Crippen LogP contribution in [0.4, 0.5) is 4.39 Å². The van der Waals surface area contributed by atoms with E-state index in [0.717, 1.165) is 0 Å². The zero-order valence-electron chi connectivity index (χ0n) is 7.97. The number of methoxy groups -OCH3 is 1. The second-order valence-corrected chi connectivity index (χ2v) is 3.81. The predicted molar refractivity (Wildman–Crippen MR) is 57.9 cm³/mol. The molecule has 14 heavy (non-hydrogen) atoms. The summed E-state index contributed by atoms with van der Waals surface area (Å²) in [5.41, 5.74) is 0.682. The van der Waals surface area contributed by atoms with Crippen molar-refractivity contribution in [2.75, 3.05) is 7.11 Å². The van der Waals surface area contributed by atoms with E-state index in [1.165, 1.54) is 13.2 Å². The van der Waals surface area contributed by atoms with E-state index in [1.807, 2.05) is 6.92 Å². The Morgan fingerprint density at radius 1 is 1.57 bits per heavy atom. The Bertz CT molecular complexity index is 382. The Balaban J connectivity index is 3.33. The quantitative estimate of drug-likeness (QED) is 0.738.